The van der Waals surface area contributed by atoms with Gasteiger partial charge in [0.1, 0.15) is 0 Å². The van der Waals surface area contributed by atoms with Crippen molar-refractivity contribution in [1.29, 1.82) is 0 Å². The van der Waals surface area contributed by atoms with Crippen LogP contribution in [0.15, 0.2) is 0 Å². The number of alkyl halides is 1. The van der Waals surface area contributed by atoms with Crippen LogP contribution in [0.3, 0.4) is 0 Å². The maximum absolute atomic E-state index is 3.84. The molecule has 0 rings (SSSR count). The largest absolute Gasteiger partial charge is 0.130 e. The molecule has 0 saturated heterocycles. The first-order chi connectivity index (χ1) is 2.77. The Morgan fingerprint density at radius 2 is 2.17 bits per heavy atom. The van der Waals surface area contributed by atoms with Crippen molar-refractivity contribution >= 4 is 25.2 Å². The molecule has 0 bridgehead atoms. The van der Waals surface area contributed by atoms with Gasteiger partial charge >= 0.3 is 0 Å². The highest BCUT2D eigenvalue weighted by Gasteiger charge is 1.83. The molecular weight excluding hydrogens is 187 g/mol. The molecule has 0 saturated carbocycles. The normalized spacial score (nSPS) is 9.83. The second kappa shape index (κ2) is 3.78. The molecule has 0 atom stereocenters. The fraction of sp³-hybridized carbons (Fsp3) is 0.800. The quantitative estimate of drug-likeness (QED) is 0.470. The average molecular weight is 198 g/mol. The molecule has 0 heterocycles. The Morgan fingerprint density at radius 1 is 1.67 bits per heavy atom. The van der Waals surface area contributed by atoms with Crippen LogP contribution in [0.4, 0.5) is 0 Å². The molecule has 1 heteroatoms. The second-order valence-electron chi connectivity index (χ2n) is 1.74. The van der Waals surface area contributed by atoms with Crippen molar-refractivity contribution in [1.82, 2.24) is 0 Å². The first-order valence-corrected chi connectivity index (χ1v) is 5.15. The molecule has 0 spiro atoms. The van der Waals surface area contributed by atoms with Crippen molar-refractivity contribution < 1.29 is 0 Å². The highest BCUT2D eigenvalue weighted by molar-refractivity contribution is 14.2. The Bertz CT molecular complexity index is 39.2. The van der Waals surface area contributed by atoms with Crippen molar-refractivity contribution in [2.45, 2.75) is 13.8 Å². The van der Waals surface area contributed by atoms with Crippen molar-refractivity contribution in [2.24, 2.45) is 5.92 Å². The van der Waals surface area contributed by atoms with Crippen LogP contribution in [-0.4, -0.2) is 8.94 Å². The van der Waals surface area contributed by atoms with E-state index in [1.54, 1.807) is 0 Å². The topological polar surface area (TPSA) is 0 Å². The summed E-state index contributed by atoms with van der Waals surface area (Å²) in [6, 6.07) is 0. The van der Waals surface area contributed by atoms with Gasteiger partial charge < -0.3 is 0 Å². The van der Waals surface area contributed by atoms with Crippen LogP contribution in [-0.2, 0) is 0 Å². The van der Waals surface area contributed by atoms with E-state index >= 15 is 0 Å². The van der Waals surface area contributed by atoms with Gasteiger partial charge in [0.05, 0.1) is 0 Å². The summed E-state index contributed by atoms with van der Waals surface area (Å²) in [5.74, 6) is 0.885. The third kappa shape index (κ3) is 4.60. The fourth-order valence-electron chi connectivity index (χ4n) is 0.218. The Hall–Kier alpha value is 0.600. The molecule has 0 aliphatic carbocycles. The lowest BCUT2D eigenvalue weighted by Crippen LogP contribution is -1.83. The van der Waals surface area contributed by atoms with Gasteiger partial charge in [-0.2, -0.15) is 0 Å². The third-order valence-corrected chi connectivity index (χ3v) is 2.80. The summed E-state index contributed by atoms with van der Waals surface area (Å²) in [6.45, 7) is 4.48. The average Bonchev–Trinajstić information content (AvgIpc) is 1.35. The summed E-state index contributed by atoms with van der Waals surface area (Å²) in [7, 11) is 0. The predicted molar refractivity (Wildman–Crippen MR) is 40.8 cm³/mol. The van der Waals surface area contributed by atoms with Gasteiger partial charge in [-0.25, -0.2) is 0 Å². The SMILES string of the molecule is C=ICC(C)C. The van der Waals surface area contributed by atoms with Crippen LogP contribution in [0.2, 0.25) is 0 Å². The minimum atomic E-state index is 0.317. The van der Waals surface area contributed by atoms with Crippen LogP contribution in [0.1, 0.15) is 13.8 Å². The van der Waals surface area contributed by atoms with Crippen molar-refractivity contribution in [3.05, 3.63) is 0 Å². The van der Waals surface area contributed by atoms with Gasteiger partial charge in [0.2, 0.25) is 0 Å². The predicted octanol–water partition coefficient (Wildman–Crippen LogP) is 2.05. The zero-order chi connectivity index (χ0) is 4.99. The van der Waals surface area contributed by atoms with Gasteiger partial charge in [-0.3, -0.25) is 0 Å². The van der Waals surface area contributed by atoms with Crippen LogP contribution >= 0.6 is 20.7 Å². The van der Waals surface area contributed by atoms with Gasteiger partial charge in [-0.05, 0) is 10.3 Å². The number of hydrogen-bond donors (Lipinski definition) is 0. The minimum Gasteiger partial charge on any atom is -0.130 e. The van der Waals surface area contributed by atoms with Gasteiger partial charge in [0.25, 0.3) is 0 Å². The van der Waals surface area contributed by atoms with E-state index in [2.05, 4.69) is 18.4 Å². The molecule has 0 unspecified atom stereocenters. The number of hydrogen-bond acceptors (Lipinski definition) is 0. The molecule has 0 N–H and O–H groups in total. The molecule has 0 aliphatic heterocycles. The van der Waals surface area contributed by atoms with E-state index in [1.807, 2.05) is 0 Å². The van der Waals surface area contributed by atoms with E-state index in [1.165, 1.54) is 4.43 Å². The van der Waals surface area contributed by atoms with Crippen LogP contribution in [0.25, 0.3) is 0 Å². The minimum absolute atomic E-state index is 0.317. The Labute approximate surface area is 49.7 Å². The summed E-state index contributed by atoms with van der Waals surface area (Å²) < 4.78 is 5.21. The van der Waals surface area contributed by atoms with Gasteiger partial charge in [0.15, 0.2) is 0 Å². The fourth-order valence-corrected chi connectivity index (χ4v) is 1.46. The summed E-state index contributed by atoms with van der Waals surface area (Å²) in [6.07, 6.45) is 0. The van der Waals surface area contributed by atoms with E-state index in [0.29, 0.717) is 20.7 Å². The zero-order valence-corrected chi connectivity index (χ0v) is 6.53. The maximum Gasteiger partial charge on any atom is -0.00345 e. The number of halogens is 1. The standard InChI is InChI=1S/C5H11I/c1-5(2)4-6-3/h5H,3-4H2,1-2H3. The highest BCUT2D eigenvalue weighted by atomic mass is 127. The Kier molecular flexibility index (Phi) is 4.16. The highest BCUT2D eigenvalue weighted by Crippen LogP contribution is 2.00. The molecule has 0 aromatic carbocycles. The number of rotatable bonds is 2. The molecule has 38 valence electrons. The lowest BCUT2D eigenvalue weighted by Gasteiger charge is -1.91. The van der Waals surface area contributed by atoms with E-state index in [4.69, 9.17) is 0 Å². The molecule has 0 aromatic heterocycles. The van der Waals surface area contributed by atoms with Crippen LogP contribution in [0, 0.1) is 5.92 Å². The molecule has 6 heavy (non-hydrogen) atoms. The van der Waals surface area contributed by atoms with Gasteiger partial charge in [-0.1, -0.05) is 18.4 Å². The molecule has 0 fully saturated rings. The van der Waals surface area contributed by atoms with Crippen molar-refractivity contribution in [2.75, 3.05) is 4.43 Å². The van der Waals surface area contributed by atoms with E-state index in [9.17, 15) is 0 Å². The lowest BCUT2D eigenvalue weighted by molar-refractivity contribution is 0.763. The van der Waals surface area contributed by atoms with Gasteiger partial charge in [-0.15, -0.1) is 20.7 Å². The van der Waals surface area contributed by atoms with Crippen molar-refractivity contribution in [3.8, 4) is 0 Å². The second-order valence-corrected chi connectivity index (χ2v) is 3.70. The van der Waals surface area contributed by atoms with Crippen LogP contribution < -0.4 is 0 Å². The van der Waals surface area contributed by atoms with Crippen molar-refractivity contribution in [3.63, 3.8) is 0 Å². The van der Waals surface area contributed by atoms with E-state index in [0.717, 1.165) is 5.92 Å². The zero-order valence-electron chi connectivity index (χ0n) is 4.37. The molecule has 0 nitrogen and oxygen atoms in total. The summed E-state index contributed by atoms with van der Waals surface area (Å²) in [5, 5.41) is 0. The smallest absolute Gasteiger partial charge is 0.00345 e. The van der Waals surface area contributed by atoms with E-state index in [-0.39, 0.29) is 0 Å². The first kappa shape index (κ1) is 6.60. The summed E-state index contributed by atoms with van der Waals surface area (Å²) in [4.78, 5) is 0. The maximum atomic E-state index is 3.84. The molecule has 0 aliphatic rings. The van der Waals surface area contributed by atoms with Crippen LogP contribution in [0.5, 0.6) is 0 Å². The lowest BCUT2D eigenvalue weighted by atomic mass is 10.3. The molecule has 0 radical (unpaired) electrons. The van der Waals surface area contributed by atoms with E-state index < -0.39 is 0 Å². The summed E-state index contributed by atoms with van der Waals surface area (Å²) in [5.41, 5.74) is 0. The first-order valence-electron chi connectivity index (χ1n) is 2.10. The van der Waals surface area contributed by atoms with Gasteiger partial charge in [0, 0.05) is 0 Å². The molecular formula is C5H11I. The Morgan fingerprint density at radius 3 is 2.17 bits per heavy atom. The summed E-state index contributed by atoms with van der Waals surface area (Å²) >= 11 is 0.317. The third-order valence-electron chi connectivity index (χ3n) is 0.418. The molecule has 0 amide bonds. The Balaban J connectivity index is 2.81. The molecule has 0 aromatic rings. The monoisotopic (exact) mass is 198 g/mol.